The summed E-state index contributed by atoms with van der Waals surface area (Å²) in [6.07, 6.45) is 1.91. The van der Waals surface area contributed by atoms with Crippen molar-refractivity contribution in [3.05, 3.63) is 34.0 Å². The van der Waals surface area contributed by atoms with Crippen molar-refractivity contribution >= 4 is 11.8 Å². The Labute approximate surface area is 68.5 Å². The molecule has 0 spiro atoms. The molecule has 0 aliphatic heterocycles. The van der Waals surface area contributed by atoms with E-state index < -0.39 is 0 Å². The minimum atomic E-state index is -0.171. The topological polar surface area (TPSA) is 45.8 Å². The summed E-state index contributed by atoms with van der Waals surface area (Å²) in [4.78, 5) is 10.6. The van der Waals surface area contributed by atoms with E-state index in [0.717, 1.165) is 5.03 Å². The molecule has 3 nitrogen and oxygen atoms in total. The van der Waals surface area contributed by atoms with Gasteiger partial charge in [0.15, 0.2) is 0 Å². The van der Waals surface area contributed by atoms with Crippen molar-refractivity contribution in [1.29, 1.82) is 0 Å². The Balaban J connectivity index is 2.74. The Morgan fingerprint density at radius 2 is 2.45 bits per heavy atom. The summed E-state index contributed by atoms with van der Waals surface area (Å²) < 4.78 is 0. The maximum atomic E-state index is 10.6. The van der Waals surface area contributed by atoms with Crippen LogP contribution in [0.25, 0.3) is 0 Å². The third-order valence-corrected chi connectivity index (χ3v) is 1.86. The predicted octanol–water partition coefficient (Wildman–Crippen LogP) is 1.40. The molecule has 1 aromatic rings. The molecule has 0 fully saturated rings. The van der Waals surface area contributed by atoms with Gasteiger partial charge in [-0.1, -0.05) is 17.8 Å². The Morgan fingerprint density at radius 1 is 1.64 bits per heavy atom. The van der Waals surface area contributed by atoms with Crippen LogP contribution in [-0.4, -0.2) is 10.2 Å². The van der Waals surface area contributed by atoms with Crippen LogP contribution >= 0.6 is 11.8 Å². The summed E-state index contributed by atoms with van der Waals surface area (Å²) in [5.74, 6) is 0. The number of hydrogen-bond acceptors (Lipinski definition) is 3. The van der Waals surface area contributed by atoms with Crippen molar-refractivity contribution in [3.63, 3.8) is 0 Å². The van der Waals surface area contributed by atoms with Gasteiger partial charge < -0.3 is 0 Å². The van der Waals surface area contributed by atoms with Crippen LogP contribution in [0.4, 0.5) is 0 Å². The molecule has 0 atom stereocenters. The standard InChI is InChI=1S/C7H8N2OS/c1-2-5-11-7-4-3-6(10)8-9-7/h2-5H,1H3,(H,8,10). The smallest absolute Gasteiger partial charge is 0.264 e. The molecule has 0 aromatic carbocycles. The van der Waals surface area contributed by atoms with E-state index in [1.54, 1.807) is 6.07 Å². The van der Waals surface area contributed by atoms with Crippen LogP contribution < -0.4 is 5.56 Å². The zero-order valence-electron chi connectivity index (χ0n) is 6.07. The number of hydrogen-bond donors (Lipinski definition) is 1. The molecule has 0 saturated heterocycles. The van der Waals surface area contributed by atoms with E-state index in [0.29, 0.717) is 0 Å². The van der Waals surface area contributed by atoms with E-state index in [1.807, 2.05) is 18.4 Å². The second kappa shape index (κ2) is 3.98. The fourth-order valence-corrected chi connectivity index (χ4v) is 1.06. The number of aromatic nitrogens is 2. The van der Waals surface area contributed by atoms with Gasteiger partial charge >= 0.3 is 0 Å². The molecule has 1 N–H and O–H groups in total. The van der Waals surface area contributed by atoms with Gasteiger partial charge in [-0.2, -0.15) is 5.10 Å². The van der Waals surface area contributed by atoms with Crippen LogP contribution in [0.1, 0.15) is 6.92 Å². The van der Waals surface area contributed by atoms with Crippen LogP contribution in [0.5, 0.6) is 0 Å². The minimum absolute atomic E-state index is 0.171. The quantitative estimate of drug-likeness (QED) is 0.679. The lowest BCUT2D eigenvalue weighted by Gasteiger charge is -1.90. The maximum absolute atomic E-state index is 10.6. The highest BCUT2D eigenvalue weighted by atomic mass is 32.2. The second-order valence-electron chi connectivity index (χ2n) is 1.85. The van der Waals surface area contributed by atoms with Crippen LogP contribution in [0.15, 0.2) is 33.4 Å². The lowest BCUT2D eigenvalue weighted by atomic mass is 10.6. The summed E-state index contributed by atoms with van der Waals surface area (Å²) >= 11 is 1.47. The van der Waals surface area contributed by atoms with Gasteiger partial charge in [-0.15, -0.1) is 0 Å². The predicted molar refractivity (Wildman–Crippen MR) is 45.5 cm³/mol. The van der Waals surface area contributed by atoms with Gasteiger partial charge in [-0.05, 0) is 18.4 Å². The van der Waals surface area contributed by atoms with Gasteiger partial charge in [0.2, 0.25) is 0 Å². The Morgan fingerprint density at radius 3 is 3.00 bits per heavy atom. The van der Waals surface area contributed by atoms with E-state index in [9.17, 15) is 4.79 Å². The summed E-state index contributed by atoms with van der Waals surface area (Å²) in [6.45, 7) is 1.93. The number of allylic oxidation sites excluding steroid dienone is 1. The molecule has 1 aromatic heterocycles. The van der Waals surface area contributed by atoms with Crippen molar-refractivity contribution in [2.45, 2.75) is 11.9 Å². The molecule has 0 bridgehead atoms. The third kappa shape index (κ3) is 2.59. The number of nitrogens with one attached hydrogen (secondary N) is 1. The van der Waals surface area contributed by atoms with Gasteiger partial charge in [-0.3, -0.25) is 4.79 Å². The minimum Gasteiger partial charge on any atom is -0.268 e. The number of H-pyrrole nitrogens is 1. The molecule has 0 aliphatic carbocycles. The first-order valence-corrected chi connectivity index (χ1v) is 4.04. The summed E-state index contributed by atoms with van der Waals surface area (Å²) in [6, 6.07) is 3.14. The van der Waals surface area contributed by atoms with E-state index in [4.69, 9.17) is 0 Å². The molecule has 0 amide bonds. The van der Waals surface area contributed by atoms with Crippen molar-refractivity contribution < 1.29 is 0 Å². The number of thioether (sulfide) groups is 1. The molecule has 0 radical (unpaired) electrons. The van der Waals surface area contributed by atoms with Crippen LogP contribution in [0.3, 0.4) is 0 Å². The average Bonchev–Trinajstić information content (AvgIpc) is 2.04. The van der Waals surface area contributed by atoms with E-state index >= 15 is 0 Å². The zero-order valence-corrected chi connectivity index (χ0v) is 6.89. The summed E-state index contributed by atoms with van der Waals surface area (Å²) in [5, 5.41) is 8.84. The van der Waals surface area contributed by atoms with Crippen LogP contribution in [0, 0.1) is 0 Å². The van der Waals surface area contributed by atoms with Crippen molar-refractivity contribution in [1.82, 2.24) is 10.2 Å². The van der Waals surface area contributed by atoms with Gasteiger partial charge in [0, 0.05) is 6.07 Å². The fraction of sp³-hybridized carbons (Fsp3) is 0.143. The summed E-state index contributed by atoms with van der Waals surface area (Å²) in [5.41, 5.74) is -0.171. The monoisotopic (exact) mass is 168 g/mol. The largest absolute Gasteiger partial charge is 0.268 e. The molecule has 4 heteroatoms. The first kappa shape index (κ1) is 8.07. The third-order valence-electron chi connectivity index (χ3n) is 0.978. The number of aromatic amines is 1. The van der Waals surface area contributed by atoms with Gasteiger partial charge in [0.1, 0.15) is 5.03 Å². The Bertz CT molecular complexity index is 285. The normalized spacial score (nSPS) is 10.6. The highest BCUT2D eigenvalue weighted by Gasteiger charge is 1.89. The van der Waals surface area contributed by atoms with Crippen molar-refractivity contribution in [2.75, 3.05) is 0 Å². The Kier molecular flexibility index (Phi) is 2.92. The van der Waals surface area contributed by atoms with Gasteiger partial charge in [0.25, 0.3) is 5.56 Å². The number of nitrogens with zero attached hydrogens (tertiary/aromatic N) is 1. The first-order valence-electron chi connectivity index (χ1n) is 3.16. The average molecular weight is 168 g/mol. The van der Waals surface area contributed by atoms with Crippen molar-refractivity contribution in [2.24, 2.45) is 0 Å². The van der Waals surface area contributed by atoms with Gasteiger partial charge in [0.05, 0.1) is 0 Å². The lowest BCUT2D eigenvalue weighted by Crippen LogP contribution is -2.04. The molecule has 0 unspecified atom stereocenters. The SMILES string of the molecule is CC=CSc1ccc(=O)[nH]n1. The summed E-state index contributed by atoms with van der Waals surface area (Å²) in [7, 11) is 0. The van der Waals surface area contributed by atoms with Gasteiger partial charge in [-0.25, -0.2) is 5.10 Å². The molecule has 0 saturated carbocycles. The highest BCUT2D eigenvalue weighted by Crippen LogP contribution is 2.12. The maximum Gasteiger partial charge on any atom is 0.264 e. The van der Waals surface area contributed by atoms with E-state index in [2.05, 4.69) is 10.2 Å². The molecule has 1 rings (SSSR count). The first-order chi connectivity index (χ1) is 5.33. The fourth-order valence-electron chi connectivity index (χ4n) is 0.535. The van der Waals surface area contributed by atoms with Crippen molar-refractivity contribution in [3.8, 4) is 0 Å². The molecular formula is C7H8N2OS. The molecule has 11 heavy (non-hydrogen) atoms. The molecule has 0 aliphatic rings. The molecular weight excluding hydrogens is 160 g/mol. The second-order valence-corrected chi connectivity index (χ2v) is 2.77. The number of rotatable bonds is 2. The lowest BCUT2D eigenvalue weighted by molar-refractivity contribution is 0.901. The zero-order chi connectivity index (χ0) is 8.10. The van der Waals surface area contributed by atoms with E-state index in [-0.39, 0.29) is 5.56 Å². The van der Waals surface area contributed by atoms with Crippen LogP contribution in [0.2, 0.25) is 0 Å². The molecule has 58 valence electrons. The molecule has 1 heterocycles. The highest BCUT2D eigenvalue weighted by molar-refractivity contribution is 8.02. The van der Waals surface area contributed by atoms with E-state index in [1.165, 1.54) is 17.8 Å². The van der Waals surface area contributed by atoms with Crippen LogP contribution in [-0.2, 0) is 0 Å². The Hall–Kier alpha value is -1.03.